The molecule has 1 unspecified atom stereocenters. The first kappa shape index (κ1) is 21.5. The number of hydrogen-bond acceptors (Lipinski definition) is 3. The second kappa shape index (κ2) is 9.55. The van der Waals surface area contributed by atoms with Gasteiger partial charge >= 0.3 is 0 Å². The zero-order valence-electron chi connectivity index (χ0n) is 16.8. The maximum atomic E-state index is 13.4. The molecule has 1 saturated heterocycles. The molecule has 0 radical (unpaired) electrons. The summed E-state index contributed by atoms with van der Waals surface area (Å²) in [4.78, 5) is 24.9. The van der Waals surface area contributed by atoms with E-state index in [2.05, 4.69) is 26.6 Å². The minimum Gasteiger partial charge on any atom is -0.381 e. The first-order chi connectivity index (χ1) is 13.9. The molecule has 29 heavy (non-hydrogen) atoms. The number of anilines is 1. The van der Waals surface area contributed by atoms with E-state index >= 15 is 0 Å². The van der Waals surface area contributed by atoms with Gasteiger partial charge in [0.2, 0.25) is 11.8 Å². The lowest BCUT2D eigenvalue weighted by Gasteiger charge is -2.37. The van der Waals surface area contributed by atoms with Gasteiger partial charge < -0.3 is 15.4 Å². The molecule has 2 N–H and O–H groups in total. The molecule has 1 atom stereocenters. The van der Waals surface area contributed by atoms with Gasteiger partial charge in [-0.3, -0.25) is 9.59 Å². The molecule has 1 aliphatic rings. The Kier molecular flexibility index (Phi) is 7.09. The highest BCUT2D eigenvalue weighted by atomic mass is 79.9. The average molecular weight is 459 g/mol. The molecule has 1 fully saturated rings. The molecule has 0 saturated carbocycles. The molecule has 6 heteroatoms. The lowest BCUT2D eigenvalue weighted by atomic mass is 9.73. The first-order valence-electron chi connectivity index (χ1n) is 9.99. The van der Waals surface area contributed by atoms with E-state index < -0.39 is 5.41 Å². The topological polar surface area (TPSA) is 67.4 Å². The number of hydrogen-bond donors (Lipinski definition) is 2. The van der Waals surface area contributed by atoms with Crippen molar-refractivity contribution in [1.29, 1.82) is 0 Å². The third-order valence-corrected chi connectivity index (χ3v) is 6.07. The molecule has 0 aliphatic carbocycles. The fraction of sp³-hybridized carbons (Fsp3) is 0.391. The smallest absolute Gasteiger partial charge is 0.231 e. The van der Waals surface area contributed by atoms with E-state index in [1.165, 1.54) is 0 Å². The second-order valence-electron chi connectivity index (χ2n) is 7.42. The molecule has 2 aromatic carbocycles. The van der Waals surface area contributed by atoms with Crippen LogP contribution in [0, 0.1) is 0 Å². The van der Waals surface area contributed by atoms with E-state index in [4.69, 9.17) is 4.74 Å². The van der Waals surface area contributed by atoms with Crippen molar-refractivity contribution in [3.63, 3.8) is 0 Å². The number of carbonyl (C=O) groups is 2. The van der Waals surface area contributed by atoms with Crippen molar-refractivity contribution >= 4 is 33.4 Å². The van der Waals surface area contributed by atoms with Crippen molar-refractivity contribution < 1.29 is 14.3 Å². The predicted molar refractivity (Wildman–Crippen MR) is 118 cm³/mol. The Labute approximate surface area is 180 Å². The highest BCUT2D eigenvalue weighted by Crippen LogP contribution is 2.36. The van der Waals surface area contributed by atoms with Crippen molar-refractivity contribution in [3.05, 3.63) is 64.1 Å². The second-order valence-corrected chi connectivity index (χ2v) is 8.34. The predicted octanol–water partition coefficient (Wildman–Crippen LogP) is 4.72. The van der Waals surface area contributed by atoms with Crippen LogP contribution in [0.3, 0.4) is 0 Å². The summed E-state index contributed by atoms with van der Waals surface area (Å²) in [6.45, 7) is 4.94. The number of nitrogens with one attached hydrogen (secondary N) is 2. The Bertz CT molecular complexity index is 843. The molecular formula is C23H27BrN2O3. The lowest BCUT2D eigenvalue weighted by molar-refractivity contribution is -0.131. The Morgan fingerprint density at radius 3 is 2.28 bits per heavy atom. The molecular weight excluding hydrogens is 432 g/mol. The highest BCUT2D eigenvalue weighted by Gasteiger charge is 2.42. The van der Waals surface area contributed by atoms with E-state index in [0.717, 1.165) is 21.3 Å². The first-order valence-corrected chi connectivity index (χ1v) is 10.8. The van der Waals surface area contributed by atoms with Crippen molar-refractivity contribution in [3.8, 4) is 0 Å². The van der Waals surface area contributed by atoms with E-state index in [1.54, 1.807) is 0 Å². The van der Waals surface area contributed by atoms with E-state index in [1.807, 2.05) is 62.4 Å². The number of benzene rings is 2. The third kappa shape index (κ3) is 5.06. The fourth-order valence-electron chi connectivity index (χ4n) is 3.66. The molecule has 2 aromatic rings. The molecule has 3 rings (SSSR count). The monoisotopic (exact) mass is 458 g/mol. The van der Waals surface area contributed by atoms with Gasteiger partial charge in [-0.25, -0.2) is 0 Å². The van der Waals surface area contributed by atoms with Crippen LogP contribution >= 0.6 is 15.9 Å². The minimum atomic E-state index is -0.581. The number of amides is 2. The van der Waals surface area contributed by atoms with Crippen LogP contribution in [-0.2, 0) is 19.7 Å². The molecule has 5 nitrogen and oxygen atoms in total. The van der Waals surface area contributed by atoms with E-state index in [-0.39, 0.29) is 17.9 Å². The third-order valence-electron chi connectivity index (χ3n) is 5.54. The van der Waals surface area contributed by atoms with Gasteiger partial charge in [0.25, 0.3) is 0 Å². The average Bonchev–Trinajstić information content (AvgIpc) is 2.75. The zero-order chi connectivity index (χ0) is 20.9. The van der Waals surface area contributed by atoms with Crippen LogP contribution in [0.2, 0.25) is 0 Å². The maximum absolute atomic E-state index is 13.4. The van der Waals surface area contributed by atoms with Crippen molar-refractivity contribution in [2.45, 2.75) is 44.6 Å². The molecule has 154 valence electrons. The van der Waals surface area contributed by atoms with Crippen LogP contribution in [0.4, 0.5) is 5.69 Å². The summed E-state index contributed by atoms with van der Waals surface area (Å²) in [7, 11) is 0. The van der Waals surface area contributed by atoms with E-state index in [0.29, 0.717) is 32.5 Å². The summed E-state index contributed by atoms with van der Waals surface area (Å²) in [5.41, 5.74) is 2.19. The number of carbonyl (C=O) groups excluding carboxylic acids is 2. The minimum absolute atomic E-state index is 0.0185. The Balaban J connectivity index is 1.75. The molecule has 0 aromatic heterocycles. The van der Waals surface area contributed by atoms with Crippen molar-refractivity contribution in [1.82, 2.24) is 5.32 Å². The standard InChI is InChI=1S/C23H27BrN2O3/c1-3-21(27)26-20-10-4-17(5-11-20)16(2)25-22(28)23(12-14-29-15-13-23)18-6-8-19(24)9-7-18/h4-11,16H,3,12-15H2,1-2H3,(H,25,28)(H,26,27). The summed E-state index contributed by atoms with van der Waals surface area (Å²) >= 11 is 3.47. The fourth-order valence-corrected chi connectivity index (χ4v) is 3.92. The molecule has 1 aliphatic heterocycles. The van der Waals surface area contributed by atoms with Gasteiger partial charge in [-0.15, -0.1) is 0 Å². The number of ether oxygens (including phenoxy) is 1. The number of rotatable bonds is 6. The summed E-state index contributed by atoms with van der Waals surface area (Å²) in [6.07, 6.45) is 1.76. The largest absolute Gasteiger partial charge is 0.381 e. The Morgan fingerprint density at radius 2 is 1.69 bits per heavy atom. The van der Waals surface area contributed by atoms with Gasteiger partial charge in [0.05, 0.1) is 11.5 Å². The molecule has 0 bridgehead atoms. The summed E-state index contributed by atoms with van der Waals surface area (Å²) in [6, 6.07) is 15.5. The summed E-state index contributed by atoms with van der Waals surface area (Å²) < 4.78 is 6.53. The molecule has 0 spiro atoms. The van der Waals surface area contributed by atoms with Crippen molar-refractivity contribution in [2.75, 3.05) is 18.5 Å². The maximum Gasteiger partial charge on any atom is 0.231 e. The molecule has 1 heterocycles. The summed E-state index contributed by atoms with van der Waals surface area (Å²) in [5.74, 6) is 0.00837. The zero-order valence-corrected chi connectivity index (χ0v) is 18.4. The van der Waals surface area contributed by atoms with Crippen LogP contribution in [0.5, 0.6) is 0 Å². The highest BCUT2D eigenvalue weighted by molar-refractivity contribution is 9.10. The van der Waals surface area contributed by atoms with Gasteiger partial charge in [-0.1, -0.05) is 47.1 Å². The van der Waals surface area contributed by atoms with Gasteiger partial charge in [0.1, 0.15) is 0 Å². The van der Waals surface area contributed by atoms with Crippen LogP contribution in [0.25, 0.3) is 0 Å². The van der Waals surface area contributed by atoms with Gasteiger partial charge in [-0.05, 0) is 55.2 Å². The quantitative estimate of drug-likeness (QED) is 0.657. The SMILES string of the molecule is CCC(=O)Nc1ccc(C(C)NC(=O)C2(c3ccc(Br)cc3)CCOCC2)cc1. The van der Waals surface area contributed by atoms with Crippen LogP contribution in [0.15, 0.2) is 53.0 Å². The van der Waals surface area contributed by atoms with Crippen molar-refractivity contribution in [2.24, 2.45) is 0 Å². The van der Waals surface area contributed by atoms with Gasteiger partial charge in [0, 0.05) is 29.8 Å². The van der Waals surface area contributed by atoms with Gasteiger partial charge in [0.15, 0.2) is 0 Å². The summed E-state index contributed by atoms with van der Waals surface area (Å²) in [5, 5.41) is 6.04. The van der Waals surface area contributed by atoms with Gasteiger partial charge in [-0.2, -0.15) is 0 Å². The molecule has 2 amide bonds. The lowest BCUT2D eigenvalue weighted by Crippen LogP contribution is -2.48. The Morgan fingerprint density at radius 1 is 1.07 bits per heavy atom. The van der Waals surface area contributed by atoms with Crippen LogP contribution in [0.1, 0.15) is 50.3 Å². The normalized spacial score (nSPS) is 16.7. The Hall–Kier alpha value is -2.18. The van der Waals surface area contributed by atoms with Crippen LogP contribution < -0.4 is 10.6 Å². The van der Waals surface area contributed by atoms with E-state index in [9.17, 15) is 9.59 Å². The number of halogens is 1. The van der Waals surface area contributed by atoms with Crippen LogP contribution in [-0.4, -0.2) is 25.0 Å².